The van der Waals surface area contributed by atoms with Crippen LogP contribution in [-0.4, -0.2) is 35.4 Å². The van der Waals surface area contributed by atoms with Gasteiger partial charge in [0.2, 0.25) is 5.91 Å². The highest BCUT2D eigenvalue weighted by Gasteiger charge is 2.21. The Kier molecular flexibility index (Phi) is 5.05. The van der Waals surface area contributed by atoms with Crippen molar-refractivity contribution in [2.24, 2.45) is 11.7 Å². The maximum absolute atomic E-state index is 12.1. The van der Waals surface area contributed by atoms with Crippen molar-refractivity contribution in [1.29, 1.82) is 0 Å². The van der Waals surface area contributed by atoms with E-state index in [9.17, 15) is 14.9 Å². The first kappa shape index (κ1) is 15.2. The van der Waals surface area contributed by atoms with E-state index in [0.29, 0.717) is 19.0 Å². The number of benzene rings is 1. The minimum atomic E-state index is -0.445. The third-order valence-corrected chi connectivity index (χ3v) is 3.69. The number of amides is 1. The fourth-order valence-electron chi connectivity index (χ4n) is 2.44. The Morgan fingerprint density at radius 2 is 2.14 bits per heavy atom. The van der Waals surface area contributed by atoms with Gasteiger partial charge in [-0.25, -0.2) is 0 Å². The van der Waals surface area contributed by atoms with E-state index in [0.717, 1.165) is 24.9 Å². The summed E-state index contributed by atoms with van der Waals surface area (Å²) < 4.78 is 0. The van der Waals surface area contributed by atoms with E-state index in [1.807, 2.05) is 4.90 Å². The normalized spacial score (nSPS) is 18.9. The molecule has 1 atom stereocenters. The Bertz CT molecular complexity index is 540. The number of carbonyl (C=O) groups is 1. The lowest BCUT2D eigenvalue weighted by atomic mass is 9.98. The lowest BCUT2D eigenvalue weighted by Crippen LogP contribution is -2.41. The molecule has 1 aliphatic rings. The molecule has 0 radical (unpaired) electrons. The van der Waals surface area contributed by atoms with E-state index in [-0.39, 0.29) is 11.6 Å². The molecule has 0 spiro atoms. The predicted octanol–water partition coefficient (Wildman–Crippen LogP) is 1.81. The number of nitrogens with zero attached hydrogens (tertiary/aromatic N) is 2. The van der Waals surface area contributed by atoms with Crippen LogP contribution in [0.3, 0.4) is 0 Å². The summed E-state index contributed by atoms with van der Waals surface area (Å²) in [5, 5.41) is 10.6. The van der Waals surface area contributed by atoms with Crippen molar-refractivity contribution >= 4 is 17.7 Å². The molecule has 6 nitrogen and oxygen atoms in total. The summed E-state index contributed by atoms with van der Waals surface area (Å²) in [7, 11) is 0. The monoisotopic (exact) mass is 289 g/mol. The third kappa shape index (κ3) is 4.13. The molecule has 0 bridgehead atoms. The van der Waals surface area contributed by atoms with Crippen molar-refractivity contribution in [1.82, 2.24) is 4.90 Å². The first-order valence-electron chi connectivity index (χ1n) is 7.01. The Labute approximate surface area is 123 Å². The number of likely N-dealkylation sites (tertiary alicyclic amines) is 1. The van der Waals surface area contributed by atoms with Gasteiger partial charge in [-0.1, -0.05) is 0 Å². The SMILES string of the molecule is NCC1CCCN(C(=O)C=Cc2ccc([N+](=O)[O-])cc2)C1. The highest BCUT2D eigenvalue weighted by Crippen LogP contribution is 2.16. The summed E-state index contributed by atoms with van der Waals surface area (Å²) in [5.74, 6) is 0.349. The van der Waals surface area contributed by atoms with Crippen LogP contribution in [-0.2, 0) is 4.79 Å². The van der Waals surface area contributed by atoms with Gasteiger partial charge in [-0.15, -0.1) is 0 Å². The van der Waals surface area contributed by atoms with Gasteiger partial charge >= 0.3 is 0 Å². The van der Waals surface area contributed by atoms with E-state index < -0.39 is 4.92 Å². The highest BCUT2D eigenvalue weighted by molar-refractivity contribution is 5.91. The number of nitro benzene ring substituents is 1. The fraction of sp³-hybridized carbons (Fsp3) is 0.400. The molecule has 2 N–H and O–H groups in total. The van der Waals surface area contributed by atoms with Crippen molar-refractivity contribution in [3.63, 3.8) is 0 Å². The summed E-state index contributed by atoms with van der Waals surface area (Å²) >= 11 is 0. The first-order valence-corrected chi connectivity index (χ1v) is 7.01. The quantitative estimate of drug-likeness (QED) is 0.520. The minimum absolute atomic E-state index is 0.0356. The largest absolute Gasteiger partial charge is 0.339 e. The average Bonchev–Trinajstić information content (AvgIpc) is 2.53. The Hall–Kier alpha value is -2.21. The van der Waals surface area contributed by atoms with Crippen LogP contribution in [0.25, 0.3) is 6.08 Å². The van der Waals surface area contributed by atoms with Crippen LogP contribution >= 0.6 is 0 Å². The molecule has 1 amide bonds. The van der Waals surface area contributed by atoms with Gasteiger partial charge in [0.1, 0.15) is 0 Å². The smallest absolute Gasteiger partial charge is 0.269 e. The molecule has 1 saturated heterocycles. The van der Waals surface area contributed by atoms with Gasteiger partial charge in [0.15, 0.2) is 0 Å². The van der Waals surface area contributed by atoms with Crippen molar-refractivity contribution in [2.75, 3.05) is 19.6 Å². The molecule has 6 heteroatoms. The molecule has 0 saturated carbocycles. The van der Waals surface area contributed by atoms with Crippen molar-refractivity contribution in [2.45, 2.75) is 12.8 Å². The molecule has 1 aromatic rings. The number of rotatable bonds is 4. The van der Waals surface area contributed by atoms with E-state index in [4.69, 9.17) is 5.73 Å². The summed E-state index contributed by atoms with van der Waals surface area (Å²) in [5.41, 5.74) is 6.47. The van der Waals surface area contributed by atoms with Crippen molar-refractivity contribution < 1.29 is 9.72 Å². The molecule has 0 aromatic heterocycles. The van der Waals surface area contributed by atoms with E-state index >= 15 is 0 Å². The van der Waals surface area contributed by atoms with Crippen LogP contribution in [0.5, 0.6) is 0 Å². The molecule has 1 unspecified atom stereocenters. The molecule has 2 rings (SSSR count). The molecular formula is C15H19N3O3. The van der Waals surface area contributed by atoms with E-state index in [2.05, 4.69) is 0 Å². The Balaban J connectivity index is 1.96. The second-order valence-electron chi connectivity index (χ2n) is 5.21. The zero-order valence-electron chi connectivity index (χ0n) is 11.8. The van der Waals surface area contributed by atoms with Crippen LogP contribution in [0.15, 0.2) is 30.3 Å². The molecule has 1 heterocycles. The number of carbonyl (C=O) groups excluding carboxylic acids is 1. The van der Waals surface area contributed by atoms with Gasteiger partial charge in [0.05, 0.1) is 4.92 Å². The molecule has 1 fully saturated rings. The number of hydrogen-bond acceptors (Lipinski definition) is 4. The lowest BCUT2D eigenvalue weighted by molar-refractivity contribution is -0.384. The van der Waals surface area contributed by atoms with Gasteiger partial charge < -0.3 is 10.6 Å². The second kappa shape index (κ2) is 6.99. The summed E-state index contributed by atoms with van der Waals surface area (Å²) in [6.45, 7) is 2.08. The first-order chi connectivity index (χ1) is 10.1. The topological polar surface area (TPSA) is 89.5 Å². The molecule has 112 valence electrons. The van der Waals surface area contributed by atoms with Crippen LogP contribution < -0.4 is 5.73 Å². The number of nitrogens with two attached hydrogens (primary N) is 1. The molecular weight excluding hydrogens is 270 g/mol. The average molecular weight is 289 g/mol. The summed E-state index contributed by atoms with van der Waals surface area (Å²) in [6.07, 6.45) is 5.25. The predicted molar refractivity (Wildman–Crippen MR) is 80.5 cm³/mol. The van der Waals surface area contributed by atoms with Crippen LogP contribution in [0.2, 0.25) is 0 Å². The Morgan fingerprint density at radius 1 is 1.43 bits per heavy atom. The van der Waals surface area contributed by atoms with Crippen molar-refractivity contribution in [3.05, 3.63) is 46.0 Å². The fourth-order valence-corrected chi connectivity index (χ4v) is 2.44. The number of nitro groups is 1. The number of hydrogen-bond donors (Lipinski definition) is 1. The van der Waals surface area contributed by atoms with Gasteiger partial charge in [0.25, 0.3) is 5.69 Å². The second-order valence-corrected chi connectivity index (χ2v) is 5.21. The molecule has 21 heavy (non-hydrogen) atoms. The maximum Gasteiger partial charge on any atom is 0.269 e. The summed E-state index contributed by atoms with van der Waals surface area (Å²) in [4.78, 5) is 24.0. The third-order valence-electron chi connectivity index (χ3n) is 3.69. The lowest BCUT2D eigenvalue weighted by Gasteiger charge is -2.31. The maximum atomic E-state index is 12.1. The highest BCUT2D eigenvalue weighted by atomic mass is 16.6. The minimum Gasteiger partial charge on any atom is -0.339 e. The van der Waals surface area contributed by atoms with Gasteiger partial charge in [0, 0.05) is 31.3 Å². The molecule has 1 aliphatic heterocycles. The number of non-ortho nitro benzene ring substituents is 1. The Morgan fingerprint density at radius 3 is 2.76 bits per heavy atom. The summed E-state index contributed by atoms with van der Waals surface area (Å²) in [6, 6.07) is 6.10. The van der Waals surface area contributed by atoms with Crippen LogP contribution in [0.4, 0.5) is 5.69 Å². The van der Waals surface area contributed by atoms with Gasteiger partial charge in [-0.05, 0) is 49.1 Å². The van der Waals surface area contributed by atoms with Crippen LogP contribution in [0.1, 0.15) is 18.4 Å². The zero-order chi connectivity index (χ0) is 15.2. The van der Waals surface area contributed by atoms with Gasteiger partial charge in [-0.3, -0.25) is 14.9 Å². The molecule has 0 aliphatic carbocycles. The van der Waals surface area contributed by atoms with Gasteiger partial charge in [-0.2, -0.15) is 0 Å². The van der Waals surface area contributed by atoms with E-state index in [1.54, 1.807) is 18.2 Å². The van der Waals surface area contributed by atoms with E-state index in [1.165, 1.54) is 18.2 Å². The standard InChI is InChI=1S/C15H19N3O3/c16-10-13-2-1-9-17(11-13)15(19)8-5-12-3-6-14(7-4-12)18(20)21/h3-8,13H,1-2,9-11,16H2. The molecule has 1 aromatic carbocycles. The number of piperidine rings is 1. The zero-order valence-corrected chi connectivity index (χ0v) is 11.8. The van der Waals surface area contributed by atoms with Crippen molar-refractivity contribution in [3.8, 4) is 0 Å². The van der Waals surface area contributed by atoms with Crippen LogP contribution in [0, 0.1) is 16.0 Å².